The van der Waals surface area contributed by atoms with Crippen molar-refractivity contribution in [3.63, 3.8) is 0 Å². The highest BCUT2D eigenvalue weighted by atomic mass is 32.2. The van der Waals surface area contributed by atoms with Gasteiger partial charge in [0, 0.05) is 42.4 Å². The molecule has 0 saturated carbocycles. The van der Waals surface area contributed by atoms with Gasteiger partial charge in [-0.1, -0.05) is 6.07 Å². The first-order valence-corrected chi connectivity index (χ1v) is 11.0. The monoisotopic (exact) mass is 428 g/mol. The smallest absolute Gasteiger partial charge is 0.251 e. The molecule has 1 unspecified atom stereocenters. The molecule has 1 aliphatic rings. The van der Waals surface area contributed by atoms with E-state index < -0.39 is 0 Å². The van der Waals surface area contributed by atoms with E-state index in [9.17, 15) is 9.59 Å². The predicted molar refractivity (Wildman–Crippen MR) is 120 cm³/mol. The molecule has 2 amide bonds. The highest BCUT2D eigenvalue weighted by Crippen LogP contribution is 2.29. The summed E-state index contributed by atoms with van der Waals surface area (Å²) in [4.78, 5) is 33.9. The van der Waals surface area contributed by atoms with Crippen molar-refractivity contribution in [1.82, 2.24) is 25.9 Å². The number of nitrogens with zero attached hydrogens (tertiary/aromatic N) is 2. The third-order valence-corrected chi connectivity index (χ3v) is 5.90. The number of aromatic nitrogens is 2. The summed E-state index contributed by atoms with van der Waals surface area (Å²) in [5.74, 6) is 0.580. The second-order valence-electron chi connectivity index (χ2n) is 7.40. The highest BCUT2D eigenvalue weighted by molar-refractivity contribution is 7.99. The first-order valence-electron chi connectivity index (χ1n) is 9.98. The highest BCUT2D eigenvalue weighted by Gasteiger charge is 2.17. The number of thioether (sulfide) groups is 1. The number of fused-ring (bicyclic) bond motifs is 5. The van der Waals surface area contributed by atoms with Gasteiger partial charge in [0.25, 0.3) is 5.91 Å². The normalized spacial score (nSPS) is 17.9. The molecule has 1 aromatic carbocycles. The molecule has 1 aromatic heterocycles. The molecule has 0 aliphatic carbocycles. The number of carbonyl (C=O) groups excluding carboxylic acids is 2. The van der Waals surface area contributed by atoms with Crippen LogP contribution in [-0.2, 0) is 4.79 Å². The van der Waals surface area contributed by atoms with Crippen LogP contribution in [0, 0.1) is 13.8 Å². The largest absolute Gasteiger partial charge is 0.368 e. The van der Waals surface area contributed by atoms with Gasteiger partial charge in [0.1, 0.15) is 5.03 Å². The average molecular weight is 429 g/mol. The number of hydrogen-bond donors (Lipinski definition) is 4. The summed E-state index contributed by atoms with van der Waals surface area (Å²) in [6.45, 7) is 5.01. The maximum absolute atomic E-state index is 12.8. The number of benzene rings is 1. The standard InChI is InChI=1S/C21H28N6O2S/c1-12-8-13(2)16-9-15(12)17-10-19(27-21(22)26-17)30-7-5-18(28)25-14(11-23-3)4-6-24-20(16)29/h8-10,14,23H,4-7,11H2,1-3H3,(H,24,29)(H,25,28)(H2,22,26,27). The molecule has 30 heavy (non-hydrogen) atoms. The molecule has 2 heterocycles. The van der Waals surface area contributed by atoms with Crippen LogP contribution in [0.4, 0.5) is 5.95 Å². The summed E-state index contributed by atoms with van der Waals surface area (Å²) < 4.78 is 0. The Hall–Kier alpha value is -2.65. The van der Waals surface area contributed by atoms with E-state index in [1.807, 2.05) is 39.1 Å². The molecule has 1 atom stereocenters. The molecular formula is C21H28N6O2S. The first kappa shape index (κ1) is 22.0. The Morgan fingerprint density at radius 1 is 1.17 bits per heavy atom. The van der Waals surface area contributed by atoms with Crippen molar-refractivity contribution >= 4 is 29.5 Å². The number of nitrogen functional groups attached to an aromatic ring is 1. The fourth-order valence-electron chi connectivity index (χ4n) is 3.50. The van der Waals surface area contributed by atoms with E-state index in [0.717, 1.165) is 16.7 Å². The van der Waals surface area contributed by atoms with Gasteiger partial charge < -0.3 is 21.7 Å². The molecule has 5 N–H and O–H groups in total. The number of amides is 2. The Morgan fingerprint density at radius 3 is 2.70 bits per heavy atom. The second kappa shape index (κ2) is 9.90. The summed E-state index contributed by atoms with van der Waals surface area (Å²) >= 11 is 1.47. The van der Waals surface area contributed by atoms with Crippen molar-refractivity contribution in [1.29, 1.82) is 0 Å². The Balaban J connectivity index is 1.99. The minimum Gasteiger partial charge on any atom is -0.368 e. The van der Waals surface area contributed by atoms with Crippen LogP contribution in [0.1, 0.15) is 34.3 Å². The quantitative estimate of drug-likeness (QED) is 0.537. The number of likely N-dealkylation sites (N-methyl/N-ethyl adjacent to an activating group) is 1. The maximum Gasteiger partial charge on any atom is 0.251 e. The molecule has 1 aliphatic heterocycles. The van der Waals surface area contributed by atoms with E-state index in [0.29, 0.717) is 48.0 Å². The molecule has 0 radical (unpaired) electrons. The molecule has 0 saturated heterocycles. The van der Waals surface area contributed by atoms with Gasteiger partial charge in [-0.25, -0.2) is 9.97 Å². The van der Waals surface area contributed by atoms with Gasteiger partial charge in [0.05, 0.1) is 5.69 Å². The number of hydrogen-bond acceptors (Lipinski definition) is 7. The molecule has 2 aromatic rings. The molecule has 8 nitrogen and oxygen atoms in total. The third-order valence-electron chi connectivity index (χ3n) is 4.98. The lowest BCUT2D eigenvalue weighted by molar-refractivity contribution is -0.121. The van der Waals surface area contributed by atoms with Crippen LogP contribution in [0.5, 0.6) is 0 Å². The van der Waals surface area contributed by atoms with Gasteiger partial charge >= 0.3 is 0 Å². The van der Waals surface area contributed by atoms with Crippen molar-refractivity contribution in [3.05, 3.63) is 34.9 Å². The van der Waals surface area contributed by atoms with Crippen LogP contribution >= 0.6 is 11.8 Å². The summed E-state index contributed by atoms with van der Waals surface area (Å²) in [5, 5.41) is 9.80. The van der Waals surface area contributed by atoms with Crippen molar-refractivity contribution < 1.29 is 9.59 Å². The Morgan fingerprint density at radius 2 is 1.93 bits per heavy atom. The number of aryl methyl sites for hydroxylation is 2. The second-order valence-corrected chi connectivity index (χ2v) is 8.51. The van der Waals surface area contributed by atoms with Crippen LogP contribution in [0.15, 0.2) is 23.2 Å². The van der Waals surface area contributed by atoms with Crippen LogP contribution in [0.3, 0.4) is 0 Å². The van der Waals surface area contributed by atoms with Crippen LogP contribution in [0.2, 0.25) is 0 Å². The zero-order chi connectivity index (χ0) is 21.7. The third kappa shape index (κ3) is 5.48. The van der Waals surface area contributed by atoms with Gasteiger partial charge in [-0.15, -0.1) is 11.8 Å². The van der Waals surface area contributed by atoms with Crippen molar-refractivity contribution in [2.75, 3.05) is 31.6 Å². The van der Waals surface area contributed by atoms with Gasteiger partial charge in [-0.3, -0.25) is 9.59 Å². The van der Waals surface area contributed by atoms with Gasteiger partial charge in [-0.05, 0) is 50.6 Å². The number of carbonyl (C=O) groups is 2. The predicted octanol–water partition coefficient (Wildman–Crippen LogP) is 1.66. The lowest BCUT2D eigenvalue weighted by Crippen LogP contribution is -2.43. The minimum absolute atomic E-state index is 0.0275. The van der Waals surface area contributed by atoms with E-state index >= 15 is 0 Å². The maximum atomic E-state index is 12.8. The topological polar surface area (TPSA) is 122 Å². The van der Waals surface area contributed by atoms with Gasteiger partial charge in [-0.2, -0.15) is 0 Å². The van der Waals surface area contributed by atoms with Crippen molar-refractivity contribution in [3.8, 4) is 11.3 Å². The lowest BCUT2D eigenvalue weighted by atomic mass is 9.97. The van der Waals surface area contributed by atoms with E-state index in [1.54, 1.807) is 0 Å². The number of nitrogens with two attached hydrogens (primary N) is 1. The minimum atomic E-state index is -0.146. The summed E-state index contributed by atoms with van der Waals surface area (Å²) in [6.07, 6.45) is 1.01. The molecule has 9 heteroatoms. The van der Waals surface area contributed by atoms with Crippen LogP contribution in [-0.4, -0.2) is 53.7 Å². The molecule has 3 rings (SSSR count). The van der Waals surface area contributed by atoms with Crippen LogP contribution < -0.4 is 21.7 Å². The first-order chi connectivity index (χ1) is 14.4. The summed E-state index contributed by atoms with van der Waals surface area (Å²) in [6, 6.07) is 5.66. The Bertz CT molecular complexity index is 949. The zero-order valence-corrected chi connectivity index (χ0v) is 18.4. The van der Waals surface area contributed by atoms with E-state index in [1.165, 1.54) is 11.8 Å². The van der Waals surface area contributed by atoms with Gasteiger partial charge in [0.2, 0.25) is 11.9 Å². The number of anilines is 1. The molecule has 4 bridgehead atoms. The van der Waals surface area contributed by atoms with E-state index in [4.69, 9.17) is 5.73 Å². The van der Waals surface area contributed by atoms with Crippen molar-refractivity contribution in [2.24, 2.45) is 0 Å². The number of rotatable bonds is 2. The molecule has 0 fully saturated rings. The molecule has 160 valence electrons. The van der Waals surface area contributed by atoms with E-state index in [2.05, 4.69) is 25.9 Å². The Labute approximate surface area is 180 Å². The summed E-state index contributed by atoms with van der Waals surface area (Å²) in [7, 11) is 1.84. The lowest BCUT2D eigenvalue weighted by Gasteiger charge is -2.19. The zero-order valence-electron chi connectivity index (χ0n) is 17.5. The van der Waals surface area contributed by atoms with Gasteiger partial charge in [0.15, 0.2) is 0 Å². The van der Waals surface area contributed by atoms with E-state index in [-0.39, 0.29) is 23.8 Å². The fourth-order valence-corrected chi connectivity index (χ4v) is 4.35. The molecular weight excluding hydrogens is 400 g/mol. The summed E-state index contributed by atoms with van der Waals surface area (Å²) in [5.41, 5.74) is 9.96. The average Bonchev–Trinajstić information content (AvgIpc) is 2.67. The molecule has 0 spiro atoms. The van der Waals surface area contributed by atoms with Crippen LogP contribution in [0.25, 0.3) is 11.3 Å². The fraction of sp³-hybridized carbons (Fsp3) is 0.429. The van der Waals surface area contributed by atoms with Crippen molar-refractivity contribution in [2.45, 2.75) is 37.8 Å². The SMILES string of the molecule is CNCC1CCNC(=O)c2cc(c(C)cc2C)-c2cc(nc(N)n2)SCCC(=O)N1. The Kier molecular flexibility index (Phi) is 7.28. The number of nitrogens with one attached hydrogen (secondary N) is 3.